The van der Waals surface area contributed by atoms with Crippen molar-refractivity contribution in [1.29, 1.82) is 0 Å². The number of nitrogens with one attached hydrogen (secondary N) is 1. The highest BCUT2D eigenvalue weighted by Gasteiger charge is 2.39. The predicted octanol–water partition coefficient (Wildman–Crippen LogP) is 3.24. The lowest BCUT2D eigenvalue weighted by Crippen LogP contribution is -2.37. The van der Waals surface area contributed by atoms with Gasteiger partial charge in [0.1, 0.15) is 6.17 Å². The summed E-state index contributed by atoms with van der Waals surface area (Å²) in [6.45, 7) is 2.98. The molecule has 3 heterocycles. The molecule has 2 aliphatic rings. The average molecular weight is 310 g/mol. The maximum Gasteiger partial charge on any atom is 0.241 e. The van der Waals surface area contributed by atoms with E-state index < -0.39 is 0 Å². The summed E-state index contributed by atoms with van der Waals surface area (Å²) in [6, 6.07) is 2.13. The molecule has 1 aromatic rings. The summed E-state index contributed by atoms with van der Waals surface area (Å²) in [4.78, 5) is 14.7. The molecule has 0 spiro atoms. The van der Waals surface area contributed by atoms with Gasteiger partial charge in [0.25, 0.3) is 0 Å². The van der Waals surface area contributed by atoms with Crippen LogP contribution in [0.4, 0.5) is 0 Å². The Bertz CT molecular complexity index is 443. The third-order valence-corrected chi connectivity index (χ3v) is 6.28. The van der Waals surface area contributed by atoms with Crippen molar-refractivity contribution in [3.8, 4) is 0 Å². The van der Waals surface area contributed by atoms with Gasteiger partial charge in [0, 0.05) is 11.8 Å². The van der Waals surface area contributed by atoms with Gasteiger partial charge in [0.15, 0.2) is 0 Å². The number of hydrogen-bond acceptors (Lipinski definition) is 4. The van der Waals surface area contributed by atoms with Crippen LogP contribution >= 0.6 is 23.1 Å². The van der Waals surface area contributed by atoms with E-state index >= 15 is 0 Å². The van der Waals surface area contributed by atoms with Gasteiger partial charge in [-0.25, -0.2) is 0 Å². The second-order valence-corrected chi connectivity index (χ2v) is 7.75. The highest BCUT2D eigenvalue weighted by molar-refractivity contribution is 7.99. The van der Waals surface area contributed by atoms with Crippen LogP contribution in [0, 0.1) is 0 Å². The van der Waals surface area contributed by atoms with E-state index in [2.05, 4.69) is 34.0 Å². The summed E-state index contributed by atoms with van der Waals surface area (Å²) in [5, 5.41) is 8.37. The first-order chi connectivity index (χ1) is 9.79. The van der Waals surface area contributed by atoms with E-state index in [1.165, 1.54) is 30.6 Å². The second-order valence-electron chi connectivity index (χ2n) is 5.57. The van der Waals surface area contributed by atoms with Gasteiger partial charge in [-0.05, 0) is 47.4 Å². The minimum Gasteiger partial charge on any atom is -0.320 e. The van der Waals surface area contributed by atoms with Gasteiger partial charge in [-0.15, -0.1) is 0 Å². The first-order valence-electron chi connectivity index (χ1n) is 7.50. The molecular formula is C15H22N2OS2. The SMILES string of the molecule is CCC1NC(c2ccsc2)N(CC2CCCCS2)C1=O. The number of nitrogens with zero attached hydrogens (tertiary/aromatic N) is 1. The highest BCUT2D eigenvalue weighted by atomic mass is 32.2. The van der Waals surface area contributed by atoms with Crippen LogP contribution in [0.3, 0.4) is 0 Å². The van der Waals surface area contributed by atoms with E-state index in [1.54, 1.807) is 11.3 Å². The van der Waals surface area contributed by atoms with Crippen LogP contribution in [0.1, 0.15) is 44.3 Å². The lowest BCUT2D eigenvalue weighted by molar-refractivity contribution is -0.130. The number of carbonyl (C=O) groups is 1. The second kappa shape index (κ2) is 6.50. The molecule has 3 atom stereocenters. The maximum atomic E-state index is 12.6. The molecule has 3 rings (SSSR count). The van der Waals surface area contributed by atoms with Crippen molar-refractivity contribution in [2.24, 2.45) is 0 Å². The lowest BCUT2D eigenvalue weighted by Gasteiger charge is -2.30. The third kappa shape index (κ3) is 2.90. The summed E-state index contributed by atoms with van der Waals surface area (Å²) in [7, 11) is 0. The number of carbonyl (C=O) groups excluding carboxylic acids is 1. The topological polar surface area (TPSA) is 32.3 Å². The van der Waals surface area contributed by atoms with Crippen LogP contribution in [0.15, 0.2) is 16.8 Å². The smallest absolute Gasteiger partial charge is 0.241 e. The van der Waals surface area contributed by atoms with E-state index in [4.69, 9.17) is 0 Å². The molecular weight excluding hydrogens is 288 g/mol. The fourth-order valence-corrected chi connectivity index (χ4v) is 5.03. The van der Waals surface area contributed by atoms with Gasteiger partial charge in [0.05, 0.1) is 6.04 Å². The standard InChI is InChI=1S/C15H22N2OS2/c1-2-13-15(18)17(9-12-5-3-4-7-20-12)14(16-13)11-6-8-19-10-11/h6,8,10,12-14,16H,2-5,7,9H2,1H3. The van der Waals surface area contributed by atoms with Gasteiger partial charge < -0.3 is 4.90 Å². The van der Waals surface area contributed by atoms with Crippen LogP contribution in [0.2, 0.25) is 0 Å². The Morgan fingerprint density at radius 2 is 2.35 bits per heavy atom. The number of thiophene rings is 1. The summed E-state index contributed by atoms with van der Waals surface area (Å²) >= 11 is 3.74. The molecule has 0 radical (unpaired) electrons. The minimum atomic E-state index is -0.00603. The molecule has 1 amide bonds. The maximum absolute atomic E-state index is 12.6. The molecule has 110 valence electrons. The van der Waals surface area contributed by atoms with Crippen LogP contribution in [-0.2, 0) is 4.79 Å². The van der Waals surface area contributed by atoms with Gasteiger partial charge in [-0.3, -0.25) is 10.1 Å². The monoisotopic (exact) mass is 310 g/mol. The largest absolute Gasteiger partial charge is 0.320 e. The molecule has 20 heavy (non-hydrogen) atoms. The Balaban J connectivity index is 1.75. The molecule has 2 fully saturated rings. The predicted molar refractivity (Wildman–Crippen MR) is 86.1 cm³/mol. The Morgan fingerprint density at radius 3 is 3.00 bits per heavy atom. The molecule has 0 saturated carbocycles. The van der Waals surface area contributed by atoms with Crippen LogP contribution in [0.25, 0.3) is 0 Å². The van der Waals surface area contributed by atoms with Crippen molar-refractivity contribution in [2.75, 3.05) is 12.3 Å². The quantitative estimate of drug-likeness (QED) is 0.926. The van der Waals surface area contributed by atoms with Crippen LogP contribution in [-0.4, -0.2) is 34.4 Å². The summed E-state index contributed by atoms with van der Waals surface area (Å²) < 4.78 is 0. The first-order valence-corrected chi connectivity index (χ1v) is 9.49. The number of thioether (sulfide) groups is 1. The summed E-state index contributed by atoms with van der Waals surface area (Å²) in [5.41, 5.74) is 1.24. The molecule has 0 aliphatic carbocycles. The number of hydrogen-bond donors (Lipinski definition) is 1. The highest BCUT2D eigenvalue weighted by Crippen LogP contribution is 2.32. The normalized spacial score (nSPS) is 30.9. The van der Waals surface area contributed by atoms with Crippen molar-refractivity contribution in [2.45, 2.75) is 50.1 Å². The fourth-order valence-electron chi connectivity index (χ4n) is 3.04. The molecule has 3 unspecified atom stereocenters. The average Bonchev–Trinajstić information content (AvgIpc) is 3.10. The van der Waals surface area contributed by atoms with Crippen LogP contribution < -0.4 is 5.32 Å². The molecule has 1 N–H and O–H groups in total. The first kappa shape index (κ1) is 14.4. The molecule has 0 bridgehead atoms. The molecule has 2 saturated heterocycles. The van der Waals surface area contributed by atoms with Crippen molar-refractivity contribution < 1.29 is 4.79 Å². The molecule has 5 heteroatoms. The zero-order valence-electron chi connectivity index (χ0n) is 11.9. The molecule has 1 aromatic heterocycles. The van der Waals surface area contributed by atoms with Gasteiger partial charge >= 0.3 is 0 Å². The van der Waals surface area contributed by atoms with Gasteiger partial charge in [-0.1, -0.05) is 13.3 Å². The van der Waals surface area contributed by atoms with Crippen molar-refractivity contribution in [3.05, 3.63) is 22.4 Å². The number of amides is 1. The Labute approximate surface area is 129 Å². The lowest BCUT2D eigenvalue weighted by atomic mass is 10.1. The van der Waals surface area contributed by atoms with Crippen molar-refractivity contribution in [1.82, 2.24) is 10.2 Å². The Hall–Kier alpha value is -0.520. The molecule has 0 aromatic carbocycles. The minimum absolute atomic E-state index is 0.00603. The van der Waals surface area contributed by atoms with Gasteiger partial charge in [-0.2, -0.15) is 23.1 Å². The Morgan fingerprint density at radius 1 is 1.45 bits per heavy atom. The van der Waals surface area contributed by atoms with Crippen LogP contribution in [0.5, 0.6) is 0 Å². The Kier molecular flexibility index (Phi) is 4.68. The van der Waals surface area contributed by atoms with E-state index in [9.17, 15) is 4.79 Å². The summed E-state index contributed by atoms with van der Waals surface area (Å²) in [5.74, 6) is 1.54. The van der Waals surface area contributed by atoms with Gasteiger partial charge in [0.2, 0.25) is 5.91 Å². The van der Waals surface area contributed by atoms with Crippen molar-refractivity contribution >= 4 is 29.0 Å². The zero-order chi connectivity index (χ0) is 13.9. The third-order valence-electron chi connectivity index (χ3n) is 4.19. The fraction of sp³-hybridized carbons (Fsp3) is 0.667. The van der Waals surface area contributed by atoms with E-state index in [0.717, 1.165) is 13.0 Å². The van der Waals surface area contributed by atoms with E-state index in [-0.39, 0.29) is 18.1 Å². The molecule has 2 aliphatic heterocycles. The summed E-state index contributed by atoms with van der Waals surface area (Å²) in [6.07, 6.45) is 4.85. The molecule has 3 nitrogen and oxygen atoms in total. The van der Waals surface area contributed by atoms with E-state index in [0.29, 0.717) is 5.25 Å². The van der Waals surface area contributed by atoms with E-state index in [1.807, 2.05) is 11.8 Å². The van der Waals surface area contributed by atoms with Crippen molar-refractivity contribution in [3.63, 3.8) is 0 Å². The zero-order valence-corrected chi connectivity index (χ0v) is 13.5. The number of rotatable bonds is 4.